The van der Waals surface area contributed by atoms with Crippen molar-refractivity contribution in [2.75, 3.05) is 0 Å². The van der Waals surface area contributed by atoms with Crippen LogP contribution in [0.25, 0.3) is 0 Å². The molecule has 0 aromatic heterocycles. The Kier molecular flexibility index (Phi) is 19.1. The Morgan fingerprint density at radius 2 is 0.900 bits per heavy atom. The van der Waals surface area contributed by atoms with E-state index in [0.29, 0.717) is 19.3 Å². The van der Waals surface area contributed by atoms with Gasteiger partial charge in [0.05, 0.1) is 0 Å². The zero-order valence-electron chi connectivity index (χ0n) is 20.1. The Morgan fingerprint density at radius 1 is 0.600 bits per heavy atom. The summed E-state index contributed by atoms with van der Waals surface area (Å²) in [7, 11) is 0. The predicted molar refractivity (Wildman–Crippen MR) is 118 cm³/mol. The molecule has 0 saturated heterocycles. The van der Waals surface area contributed by atoms with Gasteiger partial charge < -0.3 is 0 Å². The van der Waals surface area contributed by atoms with E-state index in [-0.39, 0.29) is 0 Å². The van der Waals surface area contributed by atoms with E-state index >= 15 is 0 Å². The fraction of sp³-hybridized carbons (Fsp3) is 1.00. The number of hydrogen-bond donors (Lipinski definition) is 3. The van der Waals surface area contributed by atoms with Gasteiger partial charge in [0.25, 0.3) is 0 Å². The summed E-state index contributed by atoms with van der Waals surface area (Å²) in [4.78, 5) is 0. The molecule has 6 heteroatoms. The second kappa shape index (κ2) is 18.9. The molecule has 30 heavy (non-hydrogen) atoms. The summed E-state index contributed by atoms with van der Waals surface area (Å²) in [6.07, 6.45) is 19.6. The van der Waals surface area contributed by atoms with Crippen LogP contribution in [0.4, 0.5) is 0 Å². The molecule has 0 unspecified atom stereocenters. The van der Waals surface area contributed by atoms with Crippen molar-refractivity contribution in [1.29, 1.82) is 0 Å². The van der Waals surface area contributed by atoms with Crippen LogP contribution in [0.15, 0.2) is 0 Å². The molecule has 0 amide bonds. The molecule has 0 aliphatic rings. The molecule has 0 aromatic rings. The Balaban J connectivity index is 5.14. The maximum atomic E-state index is 11.4. The Hall–Kier alpha value is 0.354. The van der Waals surface area contributed by atoms with Crippen molar-refractivity contribution >= 4 is 0 Å². The van der Waals surface area contributed by atoms with Crippen molar-refractivity contribution in [3.05, 3.63) is 0 Å². The average Bonchev–Trinajstić information content (AvgIpc) is 2.68. The van der Waals surface area contributed by atoms with Crippen molar-refractivity contribution in [2.45, 2.75) is 149 Å². The van der Waals surface area contributed by atoms with Gasteiger partial charge >= 0.3 is 193 Å². The standard InChI is InChI=1S/C24H49O3.H2O.O.Ti/c1-4-7-10-13-15-18-21-23(24(25,26)27,20-17-12-9-6-3)22-19-16-14-11-8-5-2;;;/h25-26H,4-22H2,1-3H3;1H2;;/q-1;;;+2/p-1. The number of aliphatic hydroxyl groups is 2. The second-order valence-electron chi connectivity index (χ2n) is 9.10. The topological polar surface area (TPSA) is 87.0 Å². The summed E-state index contributed by atoms with van der Waals surface area (Å²) >= 11 is -4.08. The fourth-order valence-electron chi connectivity index (χ4n) is 4.47. The van der Waals surface area contributed by atoms with Crippen LogP contribution >= 0.6 is 0 Å². The van der Waals surface area contributed by atoms with Gasteiger partial charge in [0, 0.05) is 0 Å². The Bertz CT molecular complexity index is 398. The van der Waals surface area contributed by atoms with Crippen LogP contribution < -0.4 is 0 Å². The third-order valence-electron chi connectivity index (χ3n) is 6.45. The van der Waals surface area contributed by atoms with Gasteiger partial charge in [-0.25, -0.2) is 0 Å². The normalized spacial score (nSPS) is 12.5. The van der Waals surface area contributed by atoms with Crippen molar-refractivity contribution in [2.24, 2.45) is 5.41 Å². The van der Waals surface area contributed by atoms with Gasteiger partial charge in [0.2, 0.25) is 0 Å². The molecule has 0 atom stereocenters. The molecule has 180 valence electrons. The van der Waals surface area contributed by atoms with E-state index in [1.807, 2.05) is 0 Å². The van der Waals surface area contributed by atoms with Crippen LogP contribution in [0.2, 0.25) is 0 Å². The molecular weight excluding hydrogens is 416 g/mol. The van der Waals surface area contributed by atoms with Gasteiger partial charge in [-0.3, -0.25) is 0 Å². The van der Waals surface area contributed by atoms with Crippen LogP contribution in [0.3, 0.4) is 0 Å². The molecule has 0 aliphatic heterocycles. The molecule has 0 aliphatic carbocycles. The number of unbranched alkanes of at least 4 members (excludes halogenated alkanes) is 13. The molecule has 0 spiro atoms. The minimum absolute atomic E-state index is 0.634. The molecule has 0 bridgehead atoms. The summed E-state index contributed by atoms with van der Waals surface area (Å²) in [6, 6.07) is 0. The maximum absolute atomic E-state index is 11.4. The molecule has 3 N–H and O–H groups in total. The molecule has 0 heterocycles. The number of rotatable bonds is 22. The van der Waals surface area contributed by atoms with Crippen LogP contribution in [0.5, 0.6) is 0 Å². The van der Waals surface area contributed by atoms with Crippen LogP contribution in [-0.4, -0.2) is 19.9 Å². The average molecular weight is 467 g/mol. The quantitative estimate of drug-likeness (QED) is 0.0919. The molecule has 5 nitrogen and oxygen atoms in total. The van der Waals surface area contributed by atoms with E-state index in [2.05, 4.69) is 20.8 Å². The summed E-state index contributed by atoms with van der Waals surface area (Å²) in [5.41, 5.74) is -0.859. The van der Waals surface area contributed by atoms with Gasteiger partial charge in [-0.2, -0.15) is 0 Å². The van der Waals surface area contributed by atoms with E-state index in [4.69, 9.17) is 3.32 Å². The molecule has 0 fully saturated rings. The van der Waals surface area contributed by atoms with Crippen molar-refractivity contribution in [3.63, 3.8) is 0 Å². The van der Waals surface area contributed by atoms with Crippen molar-refractivity contribution in [1.82, 2.24) is 0 Å². The first-order valence-corrected chi connectivity index (χ1v) is 14.7. The van der Waals surface area contributed by atoms with Gasteiger partial charge in [0.1, 0.15) is 0 Å². The monoisotopic (exact) mass is 466 g/mol. The van der Waals surface area contributed by atoms with Gasteiger partial charge in [0.15, 0.2) is 0 Å². The van der Waals surface area contributed by atoms with Crippen molar-refractivity contribution < 1.29 is 39.2 Å². The fourth-order valence-corrected chi connectivity index (χ4v) is 5.19. The second-order valence-corrected chi connectivity index (χ2v) is 10.3. The van der Waals surface area contributed by atoms with Crippen LogP contribution in [0.1, 0.15) is 143 Å². The van der Waals surface area contributed by atoms with E-state index in [9.17, 15) is 17.2 Å². The molecule has 0 radical (unpaired) electrons. The van der Waals surface area contributed by atoms with E-state index in [0.717, 1.165) is 64.2 Å². The van der Waals surface area contributed by atoms with Crippen molar-refractivity contribution in [3.8, 4) is 0 Å². The summed E-state index contributed by atoms with van der Waals surface area (Å²) in [5.74, 6) is -2.52. The Labute approximate surface area is 193 Å². The summed E-state index contributed by atoms with van der Waals surface area (Å²) in [6.45, 7) is 6.56. The first kappa shape index (κ1) is 30.4. The Morgan fingerprint density at radius 3 is 1.23 bits per heavy atom. The predicted octanol–water partition coefficient (Wildman–Crippen LogP) is 6.89. The first-order chi connectivity index (χ1) is 14.3. The third kappa shape index (κ3) is 13.7. The van der Waals surface area contributed by atoms with Crippen LogP contribution in [-0.2, 0) is 25.3 Å². The van der Waals surface area contributed by atoms with Gasteiger partial charge in [-0.15, -0.1) is 0 Å². The van der Waals surface area contributed by atoms with Gasteiger partial charge in [-0.05, 0) is 0 Å². The van der Waals surface area contributed by atoms with E-state index < -0.39 is 30.0 Å². The number of hydrogen-bond acceptors (Lipinski definition) is 4. The van der Waals surface area contributed by atoms with Crippen LogP contribution in [0, 0.1) is 5.41 Å². The molecule has 0 aromatic carbocycles. The minimum atomic E-state index is -4.08. The van der Waals surface area contributed by atoms with Gasteiger partial charge in [-0.1, -0.05) is 0 Å². The zero-order chi connectivity index (χ0) is 22.7. The SMILES string of the molecule is CCCCCCCCC(CCCCCC)(CCCCCCCC)C(O)(O)[O][Ti](=[O])[OH]. The zero-order valence-corrected chi connectivity index (χ0v) is 21.7. The first-order valence-electron chi connectivity index (χ1n) is 12.7. The molecule has 0 rings (SSSR count). The molecule has 0 saturated carbocycles. The third-order valence-corrected chi connectivity index (χ3v) is 7.16. The van der Waals surface area contributed by atoms with E-state index in [1.54, 1.807) is 0 Å². The molecular formula is C24H50O5Ti. The van der Waals surface area contributed by atoms with E-state index in [1.165, 1.54) is 38.5 Å². The summed E-state index contributed by atoms with van der Waals surface area (Å²) < 4.78 is 25.7. The summed E-state index contributed by atoms with van der Waals surface area (Å²) in [5, 5.41) is 21.7.